The molecule has 0 fully saturated rings. The first-order valence-corrected chi connectivity index (χ1v) is 12.4. The molecule has 0 spiro atoms. The molecule has 29 heavy (non-hydrogen) atoms. The first-order valence-electron chi connectivity index (χ1n) is 8.63. The summed E-state index contributed by atoms with van der Waals surface area (Å²) in [5, 5.41) is 2.73. The van der Waals surface area contributed by atoms with E-state index in [1.54, 1.807) is 37.3 Å². The van der Waals surface area contributed by atoms with E-state index in [9.17, 15) is 21.6 Å². The molecule has 2 aromatic rings. The largest absolute Gasteiger partial charge is 0.497 e. The lowest BCUT2D eigenvalue weighted by Crippen LogP contribution is -2.41. The second-order valence-corrected chi connectivity index (χ2v) is 10.5. The molecule has 0 aromatic heterocycles. The number of nitrogens with zero attached hydrogens (tertiary/aromatic N) is 1. The van der Waals surface area contributed by atoms with Crippen molar-refractivity contribution in [2.24, 2.45) is 0 Å². The normalized spacial score (nSPS) is 12.8. The molecular weight excluding hydrogens is 416 g/mol. The highest BCUT2D eigenvalue weighted by Gasteiger charge is 2.22. The van der Waals surface area contributed by atoms with Crippen molar-refractivity contribution >= 4 is 31.5 Å². The van der Waals surface area contributed by atoms with Gasteiger partial charge < -0.3 is 10.1 Å². The Labute approximate surface area is 171 Å². The van der Waals surface area contributed by atoms with Gasteiger partial charge in [-0.2, -0.15) is 0 Å². The Hall–Kier alpha value is -2.59. The number of rotatable bonds is 8. The van der Waals surface area contributed by atoms with Crippen LogP contribution in [0.2, 0.25) is 0 Å². The Balaban J connectivity index is 2.15. The minimum Gasteiger partial charge on any atom is -0.497 e. The van der Waals surface area contributed by atoms with Crippen LogP contribution in [-0.2, 0) is 24.7 Å². The quantitative estimate of drug-likeness (QED) is 0.670. The summed E-state index contributed by atoms with van der Waals surface area (Å²) in [5.74, 6) is -0.0335. The Morgan fingerprint density at radius 3 is 2.21 bits per heavy atom. The van der Waals surface area contributed by atoms with Gasteiger partial charge in [-0.15, -0.1) is 0 Å². The van der Waals surface area contributed by atoms with Gasteiger partial charge >= 0.3 is 0 Å². The predicted molar refractivity (Wildman–Crippen MR) is 111 cm³/mol. The molecule has 2 aromatic carbocycles. The third kappa shape index (κ3) is 6.20. The minimum atomic E-state index is -3.71. The lowest BCUT2D eigenvalue weighted by Gasteiger charge is -2.23. The molecule has 1 atom stereocenters. The van der Waals surface area contributed by atoms with E-state index in [0.29, 0.717) is 17.0 Å². The topological polar surface area (TPSA) is 110 Å². The Morgan fingerprint density at radius 1 is 1.07 bits per heavy atom. The maximum absolute atomic E-state index is 12.5. The molecule has 0 aliphatic rings. The second kappa shape index (κ2) is 8.83. The van der Waals surface area contributed by atoms with Crippen molar-refractivity contribution in [3.05, 3.63) is 54.1 Å². The summed E-state index contributed by atoms with van der Waals surface area (Å²) in [4.78, 5) is 12.7. The van der Waals surface area contributed by atoms with Crippen LogP contribution in [0.3, 0.4) is 0 Å². The maximum atomic E-state index is 12.5. The van der Waals surface area contributed by atoms with Crippen LogP contribution in [0.25, 0.3) is 0 Å². The van der Waals surface area contributed by atoms with E-state index in [1.807, 2.05) is 0 Å². The van der Waals surface area contributed by atoms with Crippen LogP contribution >= 0.6 is 0 Å². The molecule has 10 heteroatoms. The molecule has 0 radical (unpaired) electrons. The molecule has 0 saturated heterocycles. The molecule has 0 unspecified atom stereocenters. The fourth-order valence-corrected chi connectivity index (χ4v) is 4.15. The zero-order valence-electron chi connectivity index (χ0n) is 16.6. The summed E-state index contributed by atoms with van der Waals surface area (Å²) in [6, 6.07) is 12.1. The highest BCUT2D eigenvalue weighted by Crippen LogP contribution is 2.23. The van der Waals surface area contributed by atoms with E-state index in [-0.39, 0.29) is 4.90 Å². The van der Waals surface area contributed by atoms with Crippen LogP contribution in [-0.4, -0.2) is 48.9 Å². The third-order valence-corrected chi connectivity index (χ3v) is 6.48. The van der Waals surface area contributed by atoms with Gasteiger partial charge in [0.1, 0.15) is 12.3 Å². The molecule has 0 heterocycles. The van der Waals surface area contributed by atoms with Crippen LogP contribution in [0, 0.1) is 0 Å². The van der Waals surface area contributed by atoms with Crippen LogP contribution in [0.1, 0.15) is 18.5 Å². The van der Waals surface area contributed by atoms with Gasteiger partial charge in [0.2, 0.25) is 15.9 Å². The highest BCUT2D eigenvalue weighted by molar-refractivity contribution is 7.92. The van der Waals surface area contributed by atoms with Crippen molar-refractivity contribution in [2.75, 3.05) is 30.5 Å². The number of hydrogen-bond acceptors (Lipinski definition) is 6. The molecule has 0 aliphatic heterocycles. The summed E-state index contributed by atoms with van der Waals surface area (Å²) < 4.78 is 53.6. The number of benzene rings is 2. The molecule has 0 aliphatic carbocycles. The predicted octanol–water partition coefficient (Wildman–Crippen LogP) is 1.74. The average molecular weight is 441 g/mol. The fourth-order valence-electron chi connectivity index (χ4n) is 2.67. The third-order valence-electron chi connectivity index (χ3n) is 4.21. The van der Waals surface area contributed by atoms with E-state index in [4.69, 9.17) is 4.74 Å². The van der Waals surface area contributed by atoms with Gasteiger partial charge in [-0.1, -0.05) is 18.2 Å². The summed E-state index contributed by atoms with van der Waals surface area (Å²) in [6.07, 6.45) is 2.14. The molecule has 158 valence electrons. The van der Waals surface area contributed by atoms with Crippen molar-refractivity contribution < 1.29 is 26.4 Å². The first kappa shape index (κ1) is 22.7. The van der Waals surface area contributed by atoms with Crippen LogP contribution in [0.5, 0.6) is 5.75 Å². The van der Waals surface area contributed by atoms with Crippen LogP contribution < -0.4 is 14.4 Å². The second-order valence-electron chi connectivity index (χ2n) is 6.60. The number of ether oxygens (including phenoxy) is 1. The molecule has 2 rings (SSSR count). The van der Waals surface area contributed by atoms with Gasteiger partial charge in [0.25, 0.3) is 0 Å². The Kier molecular flexibility index (Phi) is 6.91. The summed E-state index contributed by atoms with van der Waals surface area (Å²) in [5.41, 5.74) is 1.00. The Bertz CT molecular complexity index is 1080. The van der Waals surface area contributed by atoms with E-state index in [1.165, 1.54) is 25.3 Å². The fraction of sp³-hybridized carbons (Fsp3) is 0.316. The van der Waals surface area contributed by atoms with Crippen molar-refractivity contribution in [2.45, 2.75) is 17.9 Å². The number of amides is 1. The van der Waals surface area contributed by atoms with Crippen molar-refractivity contribution in [1.82, 2.24) is 5.32 Å². The zero-order chi connectivity index (χ0) is 21.8. The van der Waals surface area contributed by atoms with Gasteiger partial charge in [0.05, 0.1) is 30.0 Å². The maximum Gasteiger partial charge on any atom is 0.241 e. The summed E-state index contributed by atoms with van der Waals surface area (Å²) >= 11 is 0. The van der Waals surface area contributed by atoms with Crippen molar-refractivity contribution in [1.29, 1.82) is 0 Å². The molecule has 1 amide bonds. The summed E-state index contributed by atoms with van der Waals surface area (Å²) in [6.45, 7) is 1.32. The number of methoxy groups -OCH3 is 1. The SMILES string of the molecule is COc1cccc(N(CC(=O)N[C@H](C)c2ccc(S(C)(=O)=O)cc2)S(C)(=O)=O)c1. The monoisotopic (exact) mass is 440 g/mol. The number of hydrogen-bond donors (Lipinski definition) is 1. The minimum absolute atomic E-state index is 0.182. The highest BCUT2D eigenvalue weighted by atomic mass is 32.2. The zero-order valence-corrected chi connectivity index (χ0v) is 18.2. The van der Waals surface area contributed by atoms with Crippen LogP contribution in [0.4, 0.5) is 5.69 Å². The molecular formula is C19H24N2O6S2. The molecule has 0 saturated carbocycles. The number of anilines is 1. The van der Waals surface area contributed by atoms with Gasteiger partial charge in [0.15, 0.2) is 9.84 Å². The summed E-state index contributed by atoms with van der Waals surface area (Å²) in [7, 11) is -5.55. The van der Waals surface area contributed by atoms with E-state index in [2.05, 4.69) is 5.32 Å². The van der Waals surface area contributed by atoms with E-state index in [0.717, 1.165) is 16.8 Å². The smallest absolute Gasteiger partial charge is 0.241 e. The number of sulfonamides is 1. The lowest BCUT2D eigenvalue weighted by atomic mass is 10.1. The van der Waals surface area contributed by atoms with Crippen molar-refractivity contribution in [3.63, 3.8) is 0 Å². The lowest BCUT2D eigenvalue weighted by molar-refractivity contribution is -0.120. The number of carbonyl (C=O) groups is 1. The van der Waals surface area contributed by atoms with Gasteiger partial charge in [0, 0.05) is 12.3 Å². The van der Waals surface area contributed by atoms with E-state index >= 15 is 0 Å². The molecule has 0 bridgehead atoms. The first-order chi connectivity index (χ1) is 13.4. The number of carbonyl (C=O) groups excluding carboxylic acids is 1. The van der Waals surface area contributed by atoms with Gasteiger partial charge in [-0.25, -0.2) is 16.8 Å². The van der Waals surface area contributed by atoms with Gasteiger partial charge in [-0.3, -0.25) is 9.10 Å². The standard InChI is InChI=1S/C19H24N2O6S2/c1-14(15-8-10-18(11-9-15)28(3,23)24)20-19(22)13-21(29(4,25)26)16-6-5-7-17(12-16)27-2/h5-12,14H,13H2,1-4H3,(H,20,22)/t14-/m1/s1. The molecule has 8 nitrogen and oxygen atoms in total. The Morgan fingerprint density at radius 2 is 1.69 bits per heavy atom. The number of sulfone groups is 1. The molecule has 1 N–H and O–H groups in total. The van der Waals surface area contributed by atoms with E-state index < -0.39 is 38.4 Å². The van der Waals surface area contributed by atoms with Crippen LogP contribution in [0.15, 0.2) is 53.4 Å². The average Bonchev–Trinajstić information content (AvgIpc) is 2.64. The van der Waals surface area contributed by atoms with Crippen molar-refractivity contribution in [3.8, 4) is 5.75 Å². The number of nitrogens with one attached hydrogen (secondary N) is 1. The van der Waals surface area contributed by atoms with Gasteiger partial charge in [-0.05, 0) is 36.8 Å².